The highest BCUT2D eigenvalue weighted by atomic mass is 35.5. The van der Waals surface area contributed by atoms with Gasteiger partial charge in [0, 0.05) is 21.4 Å². The maximum Gasteiger partial charge on any atom is 0.191 e. The summed E-state index contributed by atoms with van der Waals surface area (Å²) in [5.74, 6) is 0. The molecular weight excluding hydrogens is 411 g/mol. The van der Waals surface area contributed by atoms with E-state index in [1.165, 1.54) is 0 Å². The van der Waals surface area contributed by atoms with Crippen LogP contribution in [0, 0.1) is 0 Å². The van der Waals surface area contributed by atoms with Crippen molar-refractivity contribution in [3.8, 4) is 0 Å². The number of halogens is 2. The normalized spacial score (nSPS) is 11.2. The van der Waals surface area contributed by atoms with Crippen molar-refractivity contribution < 1.29 is 0 Å². The number of anilines is 1. The average Bonchev–Trinajstić information content (AvgIpc) is 2.68. The summed E-state index contributed by atoms with van der Waals surface area (Å²) in [7, 11) is 0. The predicted octanol–water partition coefficient (Wildman–Crippen LogP) is 6.02. The molecule has 1 aromatic heterocycles. The maximum absolute atomic E-state index is 6.13. The topological polar surface area (TPSA) is 49.3 Å². The molecule has 0 unspecified atom stereocenters. The molecule has 1 heterocycles. The van der Waals surface area contributed by atoms with E-state index in [1.54, 1.807) is 24.4 Å². The second-order valence-corrected chi connectivity index (χ2v) is 7.30. The maximum atomic E-state index is 6.13. The Bertz CT molecular complexity index is 1220. The number of nitrogens with zero attached hydrogens (tertiary/aromatic N) is 2. The summed E-state index contributed by atoms with van der Waals surface area (Å²) < 4.78 is 0. The van der Waals surface area contributed by atoms with Gasteiger partial charge in [0.25, 0.3) is 0 Å². The first-order chi connectivity index (χ1) is 13.6. The summed E-state index contributed by atoms with van der Waals surface area (Å²) in [5, 5.41) is 10.8. The number of hydrazone groups is 1. The minimum atomic E-state index is 0.351. The smallest absolute Gasteiger partial charge is 0.191 e. The fraction of sp³-hybridized carbons (Fsp3) is 0. The number of nitrogens with one attached hydrogen (secondary N) is 2. The zero-order valence-electron chi connectivity index (χ0n) is 14.5. The molecule has 0 spiro atoms. The third-order valence-corrected chi connectivity index (χ3v) is 4.88. The molecule has 4 rings (SSSR count). The molecule has 4 aromatic rings. The summed E-state index contributed by atoms with van der Waals surface area (Å²) in [6.07, 6.45) is 1.58. The van der Waals surface area contributed by atoms with E-state index in [4.69, 9.17) is 40.4 Å². The Morgan fingerprint density at radius 1 is 0.964 bits per heavy atom. The third-order valence-electron chi connectivity index (χ3n) is 4.13. The standard InChI is InChI=1S/C21H14Cl2N4S/c22-16-9-8-15(17(23)11-16)12-24-27-21(28)26-19-7-3-5-14-10-13-4-1-2-6-18(13)25-20(14)19/h1-12H,(H2,26,27,28)/b24-12-. The largest absolute Gasteiger partial charge is 0.330 e. The van der Waals surface area contributed by atoms with Crippen LogP contribution in [0.15, 0.2) is 71.8 Å². The number of para-hydroxylation sites is 2. The molecule has 0 aliphatic heterocycles. The van der Waals surface area contributed by atoms with E-state index < -0.39 is 0 Å². The lowest BCUT2D eigenvalue weighted by Crippen LogP contribution is -2.24. The second kappa shape index (κ2) is 8.10. The van der Waals surface area contributed by atoms with Gasteiger partial charge in [-0.05, 0) is 42.5 Å². The molecule has 0 amide bonds. The zero-order chi connectivity index (χ0) is 19.5. The van der Waals surface area contributed by atoms with Crippen LogP contribution in [0.2, 0.25) is 10.0 Å². The van der Waals surface area contributed by atoms with Gasteiger partial charge in [-0.25, -0.2) is 4.98 Å². The lowest BCUT2D eigenvalue weighted by molar-refractivity contribution is 1.05. The van der Waals surface area contributed by atoms with Crippen LogP contribution in [-0.4, -0.2) is 16.3 Å². The lowest BCUT2D eigenvalue weighted by Gasteiger charge is -2.10. The summed E-state index contributed by atoms with van der Waals surface area (Å²) in [6.45, 7) is 0. The first-order valence-electron chi connectivity index (χ1n) is 8.44. The molecule has 7 heteroatoms. The fourth-order valence-corrected chi connectivity index (χ4v) is 3.44. The molecule has 28 heavy (non-hydrogen) atoms. The van der Waals surface area contributed by atoms with Crippen molar-refractivity contribution in [1.82, 2.24) is 10.4 Å². The van der Waals surface area contributed by atoms with Crippen LogP contribution in [-0.2, 0) is 0 Å². The van der Waals surface area contributed by atoms with E-state index >= 15 is 0 Å². The van der Waals surface area contributed by atoms with Crippen LogP contribution in [0.3, 0.4) is 0 Å². The first kappa shape index (κ1) is 18.6. The van der Waals surface area contributed by atoms with E-state index in [0.717, 1.165) is 33.1 Å². The van der Waals surface area contributed by atoms with Crippen LogP contribution in [0.5, 0.6) is 0 Å². The molecule has 0 saturated carbocycles. The van der Waals surface area contributed by atoms with Crippen molar-refractivity contribution in [2.75, 3.05) is 5.32 Å². The number of aromatic nitrogens is 1. The van der Waals surface area contributed by atoms with Crippen LogP contribution in [0.25, 0.3) is 21.8 Å². The molecule has 0 aliphatic carbocycles. The van der Waals surface area contributed by atoms with Gasteiger partial charge >= 0.3 is 0 Å². The van der Waals surface area contributed by atoms with Crippen LogP contribution >= 0.6 is 35.4 Å². The van der Waals surface area contributed by atoms with Crippen molar-refractivity contribution in [3.63, 3.8) is 0 Å². The summed E-state index contributed by atoms with van der Waals surface area (Å²) in [5.41, 5.74) is 6.11. The quantitative estimate of drug-likeness (QED) is 0.183. The number of rotatable bonds is 3. The van der Waals surface area contributed by atoms with Gasteiger partial charge in [-0.3, -0.25) is 5.43 Å². The van der Waals surface area contributed by atoms with E-state index in [9.17, 15) is 0 Å². The van der Waals surface area contributed by atoms with Crippen molar-refractivity contribution >= 4 is 74.2 Å². The number of pyridine rings is 1. The Labute approximate surface area is 177 Å². The van der Waals surface area contributed by atoms with E-state index in [1.807, 2.05) is 42.5 Å². The first-order valence-corrected chi connectivity index (χ1v) is 9.60. The molecular formula is C21H14Cl2N4S. The van der Waals surface area contributed by atoms with Gasteiger partial charge in [0.1, 0.15) is 0 Å². The van der Waals surface area contributed by atoms with Crippen molar-refractivity contribution in [2.45, 2.75) is 0 Å². The van der Waals surface area contributed by atoms with Crippen molar-refractivity contribution in [1.29, 1.82) is 0 Å². The minimum absolute atomic E-state index is 0.351. The predicted molar refractivity (Wildman–Crippen MR) is 123 cm³/mol. The number of thiocarbonyl (C=S) groups is 1. The highest BCUT2D eigenvalue weighted by Gasteiger charge is 2.06. The number of hydrogen-bond donors (Lipinski definition) is 2. The molecule has 138 valence electrons. The van der Waals surface area contributed by atoms with E-state index in [0.29, 0.717) is 15.2 Å². The molecule has 0 atom stereocenters. The Kier molecular flexibility index (Phi) is 5.39. The van der Waals surface area contributed by atoms with Gasteiger partial charge in [-0.15, -0.1) is 0 Å². The van der Waals surface area contributed by atoms with Gasteiger partial charge in [-0.1, -0.05) is 59.6 Å². The molecule has 3 aromatic carbocycles. The summed E-state index contributed by atoms with van der Waals surface area (Å²) in [6, 6.07) is 21.2. The number of fused-ring (bicyclic) bond motifs is 2. The fourth-order valence-electron chi connectivity index (χ4n) is 2.82. The molecule has 2 N–H and O–H groups in total. The van der Waals surface area contributed by atoms with Crippen LogP contribution in [0.1, 0.15) is 5.56 Å². The van der Waals surface area contributed by atoms with Crippen molar-refractivity contribution in [2.24, 2.45) is 5.10 Å². The van der Waals surface area contributed by atoms with E-state index in [-0.39, 0.29) is 0 Å². The van der Waals surface area contributed by atoms with Gasteiger partial charge < -0.3 is 5.32 Å². The molecule has 0 bridgehead atoms. The lowest BCUT2D eigenvalue weighted by atomic mass is 10.1. The molecule has 0 saturated heterocycles. The number of hydrogen-bond acceptors (Lipinski definition) is 3. The van der Waals surface area contributed by atoms with Crippen LogP contribution in [0.4, 0.5) is 5.69 Å². The minimum Gasteiger partial charge on any atom is -0.330 e. The van der Waals surface area contributed by atoms with Gasteiger partial charge in [0.15, 0.2) is 5.11 Å². The molecule has 0 radical (unpaired) electrons. The monoisotopic (exact) mass is 424 g/mol. The summed E-state index contributed by atoms with van der Waals surface area (Å²) in [4.78, 5) is 4.76. The van der Waals surface area contributed by atoms with Gasteiger partial charge in [0.05, 0.1) is 28.0 Å². The second-order valence-electron chi connectivity index (χ2n) is 6.05. The third kappa shape index (κ3) is 4.07. The Morgan fingerprint density at radius 3 is 2.64 bits per heavy atom. The molecule has 0 fully saturated rings. The Balaban J connectivity index is 1.53. The highest BCUT2D eigenvalue weighted by Crippen LogP contribution is 2.25. The summed E-state index contributed by atoms with van der Waals surface area (Å²) >= 11 is 17.4. The molecule has 0 aliphatic rings. The average molecular weight is 425 g/mol. The van der Waals surface area contributed by atoms with E-state index in [2.05, 4.69) is 21.9 Å². The van der Waals surface area contributed by atoms with Crippen molar-refractivity contribution in [3.05, 3.63) is 82.3 Å². The van der Waals surface area contributed by atoms with Crippen LogP contribution < -0.4 is 10.7 Å². The van der Waals surface area contributed by atoms with Gasteiger partial charge in [0.2, 0.25) is 0 Å². The number of benzene rings is 3. The molecule has 4 nitrogen and oxygen atoms in total. The Hall–Kier alpha value is -2.73. The van der Waals surface area contributed by atoms with Gasteiger partial charge in [-0.2, -0.15) is 5.10 Å². The zero-order valence-corrected chi connectivity index (χ0v) is 16.8. The SMILES string of the molecule is S=C(N/N=C\c1ccc(Cl)cc1Cl)Nc1cccc2cc3ccccc3nc12. The highest BCUT2D eigenvalue weighted by molar-refractivity contribution is 7.80. The Morgan fingerprint density at radius 2 is 1.79 bits per heavy atom.